The molecule has 0 saturated heterocycles. The Kier molecular flexibility index (Phi) is 11.7. The molecule has 111 valence electrons. The monoisotopic (exact) mass is 628 g/mol. The van der Waals surface area contributed by atoms with E-state index in [-0.39, 0.29) is 21.1 Å². The Morgan fingerprint density at radius 1 is 0.810 bits per heavy atom. The third-order valence-corrected chi connectivity index (χ3v) is 2.34. The fourth-order valence-electron chi connectivity index (χ4n) is 1.68. The smallest absolute Gasteiger partial charge is 0.0964 e. The van der Waals surface area contributed by atoms with Gasteiger partial charge >= 0.3 is 54.4 Å². The Labute approximate surface area is 154 Å². The van der Waals surface area contributed by atoms with Crippen LogP contribution in [0.25, 0.3) is 21.8 Å². The van der Waals surface area contributed by atoms with E-state index in [1.807, 2.05) is 12.1 Å². The molecule has 0 unspecified atom stereocenters. The van der Waals surface area contributed by atoms with E-state index in [0.717, 1.165) is 21.8 Å². The van der Waals surface area contributed by atoms with Crippen molar-refractivity contribution in [2.75, 3.05) is 0 Å². The molecule has 0 atom stereocenters. The Morgan fingerprint density at radius 3 is 1.48 bits per heavy atom. The van der Waals surface area contributed by atoms with Crippen LogP contribution in [-0.2, 0) is 25.7 Å². The predicted octanol–water partition coefficient (Wildman–Crippen LogP) is 4.43. The van der Waals surface area contributed by atoms with Gasteiger partial charge in [0.05, 0.1) is 11.0 Å². The third kappa shape index (κ3) is 6.83. The maximum Gasteiger partial charge on any atom is 0.0964 e. The second-order valence-electron chi connectivity index (χ2n) is 3.43. The molecule has 0 bridgehead atoms. The van der Waals surface area contributed by atoms with Gasteiger partial charge in [-0.2, -0.15) is 0 Å². The Balaban J connectivity index is 0.000000503. The first-order valence-electron chi connectivity index (χ1n) is 5.31. The minimum Gasteiger partial charge on any atom is -0.254 e. The summed E-state index contributed by atoms with van der Waals surface area (Å²) in [5.74, 6) is 0. The third-order valence-electron chi connectivity index (χ3n) is 2.34. The molecular weight excluding hydrogens is 620 g/mol. The fourth-order valence-corrected chi connectivity index (χ4v) is 1.68. The summed E-state index contributed by atoms with van der Waals surface area (Å²) in [6, 6.07) is 12.1. The van der Waals surface area contributed by atoms with Gasteiger partial charge < -0.3 is 0 Å². The van der Waals surface area contributed by atoms with Gasteiger partial charge in [0.2, 0.25) is 0 Å². The van der Waals surface area contributed by atoms with Crippen LogP contribution in [0.3, 0.4) is 0 Å². The average molecular weight is 628 g/mol. The molecule has 0 aliphatic heterocycles. The molecule has 3 rings (SSSR count). The van der Waals surface area contributed by atoms with Gasteiger partial charge in [0.15, 0.2) is 0 Å². The SMILES string of the molecule is [C-]#[O+].[Cl][Sn]([Cl])[Cl].[Pt].c1cnc2c(c1)ccc1cccnc12. The van der Waals surface area contributed by atoms with Crippen molar-refractivity contribution >= 4 is 64.9 Å². The van der Waals surface area contributed by atoms with E-state index in [2.05, 4.69) is 40.9 Å². The second-order valence-corrected chi connectivity index (χ2v) is 16.2. The van der Waals surface area contributed by atoms with E-state index in [9.17, 15) is 0 Å². The summed E-state index contributed by atoms with van der Waals surface area (Å²) in [6.07, 6.45) is 3.60. The number of hydrogen-bond acceptors (Lipinski definition) is 2. The Bertz CT molecular complexity index is 655. The number of hydrogen-bond donors (Lipinski definition) is 0. The van der Waals surface area contributed by atoms with E-state index < -0.39 is 16.4 Å². The largest absolute Gasteiger partial charge is 0.254 e. The van der Waals surface area contributed by atoms with Crippen LogP contribution in [0.5, 0.6) is 0 Å². The van der Waals surface area contributed by atoms with Gasteiger partial charge in [0.25, 0.3) is 0 Å². The van der Waals surface area contributed by atoms with Crippen LogP contribution in [0.4, 0.5) is 0 Å². The topological polar surface area (TPSA) is 45.7 Å². The zero-order valence-electron chi connectivity index (χ0n) is 10.4. The molecule has 2 heterocycles. The molecule has 8 heteroatoms. The van der Waals surface area contributed by atoms with Crippen molar-refractivity contribution < 1.29 is 25.7 Å². The molecule has 1 aromatic carbocycles. The summed E-state index contributed by atoms with van der Waals surface area (Å²) < 4.78 is 7.50. The number of aromatic nitrogens is 2. The second kappa shape index (κ2) is 11.7. The average Bonchev–Trinajstić information content (AvgIpc) is 2.49. The summed E-state index contributed by atoms with van der Waals surface area (Å²) >= 11 is -2.13. The standard InChI is InChI=1S/C12H8N2.CO.3ClH.Pt.Sn/c1-3-9-5-6-10-4-2-8-14-12(10)11(9)13-7-1;1-2;;;;;/h1-8H;;3*1H;;/q;;;;;;+3/p-3. The minimum absolute atomic E-state index is 0. The van der Waals surface area contributed by atoms with Gasteiger partial charge in [-0.25, -0.2) is 0 Å². The van der Waals surface area contributed by atoms with Crippen LogP contribution in [0, 0.1) is 6.65 Å². The van der Waals surface area contributed by atoms with Crippen LogP contribution in [0.1, 0.15) is 0 Å². The quantitative estimate of drug-likeness (QED) is 0.160. The minimum atomic E-state index is -2.13. The molecule has 2 aromatic heterocycles. The summed E-state index contributed by atoms with van der Waals surface area (Å²) in [5.41, 5.74) is 1.95. The van der Waals surface area contributed by atoms with Gasteiger partial charge in [-0.1, -0.05) is 24.3 Å². The number of benzene rings is 1. The fraction of sp³-hybridized carbons (Fsp3) is 0. The zero-order chi connectivity index (χ0) is 15.0. The summed E-state index contributed by atoms with van der Waals surface area (Å²) in [4.78, 5) is 8.69. The van der Waals surface area contributed by atoms with Crippen molar-refractivity contribution in [3.05, 3.63) is 55.4 Å². The van der Waals surface area contributed by atoms with Gasteiger partial charge in [-0.15, -0.1) is 0 Å². The van der Waals surface area contributed by atoms with Gasteiger partial charge in [-0.3, -0.25) is 9.97 Å². The molecule has 0 amide bonds. The zero-order valence-corrected chi connectivity index (χ0v) is 17.8. The molecule has 0 saturated carbocycles. The number of fused-ring (bicyclic) bond motifs is 3. The van der Waals surface area contributed by atoms with E-state index in [1.54, 1.807) is 12.4 Å². The van der Waals surface area contributed by atoms with Crippen molar-refractivity contribution in [3.63, 3.8) is 0 Å². The van der Waals surface area contributed by atoms with Crippen LogP contribution in [-0.4, -0.2) is 26.3 Å². The van der Waals surface area contributed by atoms with Crippen LogP contribution in [0.2, 0.25) is 0 Å². The summed E-state index contributed by atoms with van der Waals surface area (Å²) in [5, 5.41) is 2.28. The van der Waals surface area contributed by atoms with E-state index in [0.29, 0.717) is 0 Å². The van der Waals surface area contributed by atoms with Crippen molar-refractivity contribution in [1.82, 2.24) is 9.97 Å². The van der Waals surface area contributed by atoms with E-state index >= 15 is 0 Å². The van der Waals surface area contributed by atoms with Gasteiger partial charge in [0, 0.05) is 44.2 Å². The van der Waals surface area contributed by atoms with Crippen molar-refractivity contribution in [2.24, 2.45) is 0 Å². The van der Waals surface area contributed by atoms with Crippen molar-refractivity contribution in [3.8, 4) is 0 Å². The molecule has 0 spiro atoms. The van der Waals surface area contributed by atoms with Crippen LogP contribution >= 0.6 is 26.8 Å². The van der Waals surface area contributed by atoms with E-state index in [4.69, 9.17) is 31.4 Å². The maximum atomic E-state index is 7.50. The molecule has 0 aliphatic carbocycles. The molecule has 3 nitrogen and oxygen atoms in total. The molecule has 0 aliphatic rings. The van der Waals surface area contributed by atoms with Crippen molar-refractivity contribution in [2.45, 2.75) is 0 Å². The van der Waals surface area contributed by atoms with Gasteiger partial charge in [-0.05, 0) is 12.1 Å². The normalized spacial score (nSPS) is 9.05. The number of nitrogens with zero attached hydrogens (tertiary/aromatic N) is 2. The first-order valence-corrected chi connectivity index (χ1v) is 16.1. The van der Waals surface area contributed by atoms with E-state index in [1.165, 1.54) is 0 Å². The van der Waals surface area contributed by atoms with Crippen LogP contribution < -0.4 is 0 Å². The molecule has 3 aromatic rings. The number of halogens is 3. The molecule has 1 radical (unpaired) electrons. The molecular formula is C13H8Cl3N2OPtSn. The van der Waals surface area contributed by atoms with Crippen molar-refractivity contribution in [1.29, 1.82) is 0 Å². The first-order chi connectivity index (χ1) is 9.68. The maximum absolute atomic E-state index is 7.50. The van der Waals surface area contributed by atoms with Crippen LogP contribution in [0.15, 0.2) is 48.8 Å². The molecule has 0 fully saturated rings. The predicted molar refractivity (Wildman–Crippen MR) is 84.3 cm³/mol. The molecule has 0 N–H and O–H groups in total. The van der Waals surface area contributed by atoms with Gasteiger partial charge in [0.1, 0.15) is 0 Å². The first kappa shape index (κ1) is 21.1. The Morgan fingerprint density at radius 2 is 1.14 bits per heavy atom. The summed E-state index contributed by atoms with van der Waals surface area (Å²) in [7, 11) is 15.0. The summed E-state index contributed by atoms with van der Waals surface area (Å²) in [6.45, 7) is 4.50. The molecule has 21 heavy (non-hydrogen) atoms. The Hall–Kier alpha value is 0.137. The number of pyridine rings is 2. The number of rotatable bonds is 0.